The van der Waals surface area contributed by atoms with Crippen LogP contribution in [0.4, 0.5) is 0 Å². The number of methoxy groups -OCH3 is 1. The number of ether oxygens (including phenoxy) is 2. The number of unbranched alkanes of at least 4 members (excludes halogenated alkanes) is 1. The molecule has 2 N–H and O–H groups in total. The third-order valence-electron chi connectivity index (χ3n) is 6.73. The van der Waals surface area contributed by atoms with Crippen LogP contribution < -0.4 is 15.2 Å². The number of allylic oxidation sites excluding steroid dienone is 2. The summed E-state index contributed by atoms with van der Waals surface area (Å²) < 4.78 is 11.5. The van der Waals surface area contributed by atoms with E-state index in [1.165, 1.54) is 0 Å². The quantitative estimate of drug-likeness (QED) is 0.630. The first kappa shape index (κ1) is 24.2. The Kier molecular flexibility index (Phi) is 7.32. The van der Waals surface area contributed by atoms with E-state index < -0.39 is 11.3 Å². The molecule has 7 heteroatoms. The van der Waals surface area contributed by atoms with Gasteiger partial charge in [-0.2, -0.15) is 15.8 Å². The number of nitrogens with two attached hydrogens (primary N) is 1. The van der Waals surface area contributed by atoms with Crippen molar-refractivity contribution in [2.45, 2.75) is 45.6 Å². The van der Waals surface area contributed by atoms with Crippen molar-refractivity contribution in [1.29, 1.82) is 15.8 Å². The van der Waals surface area contributed by atoms with E-state index in [-0.39, 0.29) is 23.2 Å². The van der Waals surface area contributed by atoms with Crippen molar-refractivity contribution in [2.24, 2.45) is 17.1 Å². The maximum Gasteiger partial charge on any atom is 0.191 e. The maximum atomic E-state index is 10.3. The molecule has 3 rings (SSSR count). The van der Waals surface area contributed by atoms with E-state index in [0.717, 1.165) is 24.0 Å². The van der Waals surface area contributed by atoms with Crippen LogP contribution in [0.3, 0.4) is 0 Å². The summed E-state index contributed by atoms with van der Waals surface area (Å²) in [6.07, 6.45) is 3.97. The molecule has 0 saturated carbocycles. The van der Waals surface area contributed by atoms with E-state index in [1.807, 2.05) is 24.3 Å². The van der Waals surface area contributed by atoms with Gasteiger partial charge in [0.15, 0.2) is 16.9 Å². The summed E-state index contributed by atoms with van der Waals surface area (Å²) in [6, 6.07) is 12.4. The largest absolute Gasteiger partial charge is 0.493 e. The van der Waals surface area contributed by atoms with E-state index in [1.54, 1.807) is 7.11 Å². The van der Waals surface area contributed by atoms with Crippen LogP contribution >= 0.6 is 0 Å². The predicted octanol–water partition coefficient (Wildman–Crippen LogP) is 4.01. The SMILES string of the molecule is CCCCOc1ccc([C@H]2[C@H]3CN(C(C)C)CC=C3C(C#N)=C(N)C2(C#N)C#N)cc1OC. The molecule has 7 nitrogen and oxygen atoms in total. The molecule has 1 aliphatic heterocycles. The van der Waals surface area contributed by atoms with E-state index in [0.29, 0.717) is 31.2 Å². The summed E-state index contributed by atoms with van der Waals surface area (Å²) >= 11 is 0. The lowest BCUT2D eigenvalue weighted by atomic mass is 9.58. The fourth-order valence-electron chi connectivity index (χ4n) is 4.82. The molecule has 0 aromatic heterocycles. The van der Waals surface area contributed by atoms with Crippen LogP contribution in [0.2, 0.25) is 0 Å². The van der Waals surface area contributed by atoms with Crippen LogP contribution in [0, 0.1) is 45.3 Å². The molecule has 2 atom stereocenters. The Balaban J connectivity index is 2.19. The van der Waals surface area contributed by atoms with Gasteiger partial charge in [-0.25, -0.2) is 0 Å². The Morgan fingerprint density at radius 1 is 1.21 bits per heavy atom. The molecular weight excluding hydrogens is 414 g/mol. The van der Waals surface area contributed by atoms with E-state index in [9.17, 15) is 15.8 Å². The highest BCUT2D eigenvalue weighted by Gasteiger charge is 2.54. The lowest BCUT2D eigenvalue weighted by Gasteiger charge is -2.46. The van der Waals surface area contributed by atoms with Crippen molar-refractivity contribution < 1.29 is 9.47 Å². The number of hydrogen-bond acceptors (Lipinski definition) is 7. The second kappa shape index (κ2) is 9.99. The van der Waals surface area contributed by atoms with Crippen molar-refractivity contribution in [1.82, 2.24) is 4.90 Å². The monoisotopic (exact) mass is 445 g/mol. The molecule has 0 bridgehead atoms. The van der Waals surface area contributed by atoms with Gasteiger partial charge in [-0.3, -0.25) is 4.90 Å². The molecule has 0 spiro atoms. The standard InChI is InChI=1S/C26H31N5O2/c1-5-6-11-33-22-8-7-18(12-23(22)32-4)24-21-14-31(17(2)3)10-9-19(21)20(13-27)25(30)26(24,15-28)16-29/h7-9,12,17,21,24H,5-6,10-11,14,30H2,1-4H3/t21-,24-/m0/s1. The van der Waals surface area contributed by atoms with Gasteiger partial charge in [0.2, 0.25) is 0 Å². The molecular formula is C26H31N5O2. The van der Waals surface area contributed by atoms with Gasteiger partial charge in [-0.05, 0) is 43.5 Å². The van der Waals surface area contributed by atoms with Crippen molar-refractivity contribution in [3.05, 3.63) is 46.7 Å². The highest BCUT2D eigenvalue weighted by atomic mass is 16.5. The lowest BCUT2D eigenvalue weighted by molar-refractivity contribution is 0.174. The van der Waals surface area contributed by atoms with Crippen LogP contribution in [0.5, 0.6) is 11.5 Å². The topological polar surface area (TPSA) is 119 Å². The minimum Gasteiger partial charge on any atom is -0.493 e. The van der Waals surface area contributed by atoms with E-state index in [2.05, 4.69) is 43.9 Å². The number of nitrogens with zero attached hydrogens (tertiary/aromatic N) is 4. The van der Waals surface area contributed by atoms with Gasteiger partial charge < -0.3 is 15.2 Å². The number of nitriles is 3. The summed E-state index contributed by atoms with van der Waals surface area (Å²) in [4.78, 5) is 2.27. The van der Waals surface area contributed by atoms with Gasteiger partial charge in [0.05, 0.1) is 37.1 Å². The Bertz CT molecular complexity index is 1070. The van der Waals surface area contributed by atoms with Crippen molar-refractivity contribution >= 4 is 0 Å². The predicted molar refractivity (Wildman–Crippen MR) is 125 cm³/mol. The normalized spacial score (nSPS) is 21.9. The zero-order chi connectivity index (χ0) is 24.2. The molecule has 172 valence electrons. The first-order valence-corrected chi connectivity index (χ1v) is 11.4. The molecule has 0 fully saturated rings. The minimum atomic E-state index is -1.66. The van der Waals surface area contributed by atoms with Crippen LogP contribution in [0.1, 0.15) is 45.1 Å². The Morgan fingerprint density at radius 3 is 2.52 bits per heavy atom. The summed E-state index contributed by atoms with van der Waals surface area (Å²) in [7, 11) is 1.57. The molecule has 1 heterocycles. The zero-order valence-corrected chi connectivity index (χ0v) is 19.8. The second-order valence-electron chi connectivity index (χ2n) is 8.84. The molecule has 1 aliphatic carbocycles. The zero-order valence-electron chi connectivity index (χ0n) is 19.8. The molecule has 0 radical (unpaired) electrons. The van der Waals surface area contributed by atoms with E-state index in [4.69, 9.17) is 15.2 Å². The molecule has 0 unspecified atom stereocenters. The summed E-state index contributed by atoms with van der Waals surface area (Å²) in [6.45, 7) is 8.21. The number of hydrogen-bond donors (Lipinski definition) is 1. The van der Waals surface area contributed by atoms with Crippen LogP contribution in [-0.2, 0) is 0 Å². The maximum absolute atomic E-state index is 10.3. The number of rotatable bonds is 7. The molecule has 0 amide bonds. The summed E-state index contributed by atoms with van der Waals surface area (Å²) in [5.74, 6) is 0.369. The van der Waals surface area contributed by atoms with E-state index >= 15 is 0 Å². The first-order valence-electron chi connectivity index (χ1n) is 11.4. The van der Waals surface area contributed by atoms with Crippen molar-refractivity contribution in [2.75, 3.05) is 26.8 Å². The average molecular weight is 446 g/mol. The first-order chi connectivity index (χ1) is 15.9. The summed E-state index contributed by atoms with van der Waals surface area (Å²) in [5, 5.41) is 30.4. The molecule has 1 aromatic rings. The Hall–Kier alpha value is -3.47. The van der Waals surface area contributed by atoms with Gasteiger partial charge in [-0.15, -0.1) is 0 Å². The molecule has 0 saturated heterocycles. The Labute approximate surface area is 196 Å². The smallest absolute Gasteiger partial charge is 0.191 e. The molecule has 2 aliphatic rings. The number of fused-ring (bicyclic) bond motifs is 1. The third kappa shape index (κ3) is 4.15. The fourth-order valence-corrected chi connectivity index (χ4v) is 4.82. The third-order valence-corrected chi connectivity index (χ3v) is 6.73. The van der Waals surface area contributed by atoms with Gasteiger partial charge in [0.25, 0.3) is 0 Å². The van der Waals surface area contributed by atoms with Gasteiger partial charge in [-0.1, -0.05) is 25.5 Å². The minimum absolute atomic E-state index is 0.0303. The highest BCUT2D eigenvalue weighted by Crippen LogP contribution is 2.55. The fraction of sp³-hybridized carbons (Fsp3) is 0.500. The van der Waals surface area contributed by atoms with Crippen LogP contribution in [0.15, 0.2) is 41.1 Å². The van der Waals surface area contributed by atoms with Crippen LogP contribution in [-0.4, -0.2) is 37.7 Å². The van der Waals surface area contributed by atoms with Gasteiger partial charge in [0, 0.05) is 31.0 Å². The number of benzene rings is 1. The highest BCUT2D eigenvalue weighted by molar-refractivity contribution is 5.60. The summed E-state index contributed by atoms with van der Waals surface area (Å²) in [5.41, 5.74) is 6.61. The second-order valence-corrected chi connectivity index (χ2v) is 8.84. The van der Waals surface area contributed by atoms with Gasteiger partial charge >= 0.3 is 0 Å². The van der Waals surface area contributed by atoms with Crippen LogP contribution in [0.25, 0.3) is 0 Å². The molecule has 33 heavy (non-hydrogen) atoms. The van der Waals surface area contributed by atoms with Gasteiger partial charge in [0.1, 0.15) is 6.07 Å². The molecule has 1 aromatic carbocycles. The van der Waals surface area contributed by atoms with Crippen molar-refractivity contribution in [3.63, 3.8) is 0 Å². The Morgan fingerprint density at radius 2 is 1.94 bits per heavy atom. The average Bonchev–Trinajstić information content (AvgIpc) is 2.83. The van der Waals surface area contributed by atoms with Crippen molar-refractivity contribution in [3.8, 4) is 29.7 Å². The lowest BCUT2D eigenvalue weighted by Crippen LogP contribution is -2.49.